The van der Waals surface area contributed by atoms with Gasteiger partial charge >= 0.3 is 0 Å². The lowest BCUT2D eigenvalue weighted by Crippen LogP contribution is -2.24. The van der Waals surface area contributed by atoms with Gasteiger partial charge in [0.05, 0.1) is 43.6 Å². The summed E-state index contributed by atoms with van der Waals surface area (Å²) in [5.41, 5.74) is 6.60. The second-order valence-electron chi connectivity index (χ2n) is 11.2. The minimum Gasteiger partial charge on any atom is -0.353 e. The molecule has 0 spiro atoms. The third-order valence-corrected chi connectivity index (χ3v) is 8.92. The lowest BCUT2D eigenvalue weighted by molar-refractivity contribution is -0.163. The minimum atomic E-state index is -0.0898. The molecule has 7 rings (SSSR count). The molecule has 0 N–H and O–H groups in total. The Morgan fingerprint density at radius 1 is 0.949 bits per heavy atom. The molecule has 7 heteroatoms. The van der Waals surface area contributed by atoms with Crippen LogP contribution in [0.25, 0.3) is 22.4 Å². The summed E-state index contributed by atoms with van der Waals surface area (Å²) < 4.78 is 30.6. The van der Waals surface area contributed by atoms with E-state index in [0.29, 0.717) is 18.4 Å². The Bertz CT molecular complexity index is 1410. The maximum absolute atomic E-state index is 14.9. The quantitative estimate of drug-likeness (QED) is 0.261. The van der Waals surface area contributed by atoms with Crippen LogP contribution in [0.5, 0.6) is 0 Å². The smallest absolute Gasteiger partial charge is 0.157 e. The zero-order chi connectivity index (χ0) is 26.2. The molecule has 4 aromatic rings. The molecule has 2 aliphatic heterocycles. The molecular formula is C32H35FN4O2. The predicted octanol–water partition coefficient (Wildman–Crippen LogP) is 6.97. The summed E-state index contributed by atoms with van der Waals surface area (Å²) in [6.07, 6.45) is 15.4. The van der Waals surface area contributed by atoms with Gasteiger partial charge in [-0.3, -0.25) is 4.68 Å². The first-order valence-corrected chi connectivity index (χ1v) is 14.4. The third kappa shape index (κ3) is 4.83. The van der Waals surface area contributed by atoms with Gasteiger partial charge in [-0.2, -0.15) is 5.10 Å². The number of halogens is 1. The molecule has 2 unspecified atom stereocenters. The summed E-state index contributed by atoms with van der Waals surface area (Å²) in [6.45, 7) is 2.13. The van der Waals surface area contributed by atoms with Crippen molar-refractivity contribution in [2.24, 2.45) is 5.92 Å². The highest BCUT2D eigenvalue weighted by Crippen LogP contribution is 2.49. The summed E-state index contributed by atoms with van der Waals surface area (Å²) in [6, 6.07) is 14.5. The van der Waals surface area contributed by atoms with E-state index in [-0.39, 0.29) is 18.1 Å². The second kappa shape index (κ2) is 10.7. The Morgan fingerprint density at radius 3 is 2.64 bits per heavy atom. The molecule has 3 aliphatic rings. The van der Waals surface area contributed by atoms with Gasteiger partial charge in [-0.1, -0.05) is 36.4 Å². The Hall–Kier alpha value is -3.29. The van der Waals surface area contributed by atoms with Crippen molar-refractivity contribution in [3.05, 3.63) is 84.3 Å². The number of hydrogen-bond donors (Lipinski definition) is 0. The van der Waals surface area contributed by atoms with E-state index in [1.165, 1.54) is 17.5 Å². The van der Waals surface area contributed by atoms with Crippen LogP contribution in [0.2, 0.25) is 0 Å². The lowest BCUT2D eigenvalue weighted by Gasteiger charge is -2.33. The molecule has 0 bridgehead atoms. The van der Waals surface area contributed by atoms with E-state index in [0.717, 1.165) is 74.1 Å². The Labute approximate surface area is 228 Å². The molecule has 202 valence electrons. The van der Waals surface area contributed by atoms with E-state index >= 15 is 0 Å². The fourth-order valence-electron chi connectivity index (χ4n) is 6.87. The first kappa shape index (κ1) is 24.7. The number of aromatic nitrogens is 4. The molecule has 1 saturated heterocycles. The lowest BCUT2D eigenvalue weighted by atomic mass is 9.74. The van der Waals surface area contributed by atoms with E-state index in [2.05, 4.69) is 45.1 Å². The first-order valence-electron chi connectivity index (χ1n) is 14.4. The van der Waals surface area contributed by atoms with Crippen LogP contribution in [0, 0.1) is 11.7 Å². The van der Waals surface area contributed by atoms with Gasteiger partial charge in [-0.15, -0.1) is 0 Å². The van der Waals surface area contributed by atoms with Crippen molar-refractivity contribution in [2.75, 3.05) is 13.2 Å². The zero-order valence-corrected chi connectivity index (χ0v) is 22.2. The van der Waals surface area contributed by atoms with Crippen LogP contribution >= 0.6 is 0 Å². The number of fused-ring (bicyclic) bond motifs is 3. The van der Waals surface area contributed by atoms with Crippen molar-refractivity contribution in [3.8, 4) is 22.4 Å². The van der Waals surface area contributed by atoms with Gasteiger partial charge in [0, 0.05) is 29.5 Å². The number of nitrogens with zero attached hydrogens (tertiary/aromatic N) is 4. The third-order valence-electron chi connectivity index (χ3n) is 8.92. The number of benzene rings is 2. The van der Waals surface area contributed by atoms with Crippen molar-refractivity contribution in [1.82, 2.24) is 19.3 Å². The van der Waals surface area contributed by atoms with E-state index < -0.39 is 0 Å². The maximum Gasteiger partial charge on any atom is 0.157 e. The minimum absolute atomic E-state index is 0.0548. The topological polar surface area (TPSA) is 54.1 Å². The van der Waals surface area contributed by atoms with Gasteiger partial charge in [0.1, 0.15) is 5.82 Å². The van der Waals surface area contributed by atoms with Crippen molar-refractivity contribution in [2.45, 2.75) is 69.7 Å². The van der Waals surface area contributed by atoms with Gasteiger partial charge in [0.25, 0.3) is 0 Å². The van der Waals surface area contributed by atoms with Gasteiger partial charge < -0.3 is 14.0 Å². The van der Waals surface area contributed by atoms with Crippen LogP contribution in [-0.4, -0.2) is 38.8 Å². The maximum atomic E-state index is 14.9. The Morgan fingerprint density at radius 2 is 1.82 bits per heavy atom. The molecule has 2 aromatic heterocycles. The fourth-order valence-corrected chi connectivity index (χ4v) is 6.87. The van der Waals surface area contributed by atoms with Gasteiger partial charge in [-0.25, -0.2) is 9.37 Å². The second-order valence-corrected chi connectivity index (χ2v) is 11.2. The van der Waals surface area contributed by atoms with Crippen LogP contribution in [0.15, 0.2) is 67.4 Å². The summed E-state index contributed by atoms with van der Waals surface area (Å²) in [4.78, 5) is 4.37. The zero-order valence-electron chi connectivity index (χ0n) is 22.2. The number of rotatable bonds is 7. The van der Waals surface area contributed by atoms with Gasteiger partial charge in [0.2, 0.25) is 0 Å². The molecule has 6 nitrogen and oxygen atoms in total. The highest BCUT2D eigenvalue weighted by molar-refractivity contribution is 5.69. The Kier molecular flexibility index (Phi) is 6.79. The normalized spacial score (nSPS) is 24.4. The fraction of sp³-hybridized carbons (Fsp3) is 0.438. The molecule has 0 amide bonds. The molecule has 0 radical (unpaired) electrons. The van der Waals surface area contributed by atoms with Crippen molar-refractivity contribution in [3.63, 3.8) is 0 Å². The van der Waals surface area contributed by atoms with Crippen LogP contribution in [0.4, 0.5) is 4.39 Å². The standard InChI is InChI=1S/C32H35FN4O2/c33-28-5-3-4-27-29-19-34-21-37(29)32(31(27)28)25-13-11-23(12-14-25)22-7-9-24(10-8-22)26-18-35-36(20-26)15-17-39-30-6-1-2-16-38-30/h3-5,7-10,18-21,23,25,30,32H,1-2,6,11-17H2. The summed E-state index contributed by atoms with van der Waals surface area (Å²) >= 11 is 0. The molecule has 1 saturated carbocycles. The summed E-state index contributed by atoms with van der Waals surface area (Å²) in [5.74, 6) is 0.875. The van der Waals surface area contributed by atoms with Gasteiger partial charge in [0.15, 0.2) is 6.29 Å². The van der Waals surface area contributed by atoms with E-state index in [1.54, 1.807) is 6.07 Å². The molecule has 39 heavy (non-hydrogen) atoms. The average Bonchev–Trinajstić information content (AvgIpc) is 3.71. The average molecular weight is 527 g/mol. The van der Waals surface area contributed by atoms with Crippen LogP contribution in [-0.2, 0) is 16.0 Å². The molecule has 2 fully saturated rings. The van der Waals surface area contributed by atoms with Crippen LogP contribution < -0.4 is 0 Å². The van der Waals surface area contributed by atoms with Crippen molar-refractivity contribution >= 4 is 0 Å². The molecular weight excluding hydrogens is 491 g/mol. The number of imidazole rings is 1. The molecule has 2 atom stereocenters. The number of ether oxygens (including phenoxy) is 2. The molecule has 4 heterocycles. The molecule has 1 aliphatic carbocycles. The van der Waals surface area contributed by atoms with E-state index in [1.807, 2.05) is 35.5 Å². The highest BCUT2D eigenvalue weighted by Gasteiger charge is 2.38. The summed E-state index contributed by atoms with van der Waals surface area (Å²) in [5, 5.41) is 4.53. The predicted molar refractivity (Wildman–Crippen MR) is 148 cm³/mol. The van der Waals surface area contributed by atoms with E-state index in [4.69, 9.17) is 9.47 Å². The number of hydrogen-bond acceptors (Lipinski definition) is 4. The van der Waals surface area contributed by atoms with Crippen molar-refractivity contribution < 1.29 is 13.9 Å². The monoisotopic (exact) mass is 526 g/mol. The Balaban J connectivity index is 0.965. The summed E-state index contributed by atoms with van der Waals surface area (Å²) in [7, 11) is 0. The highest BCUT2D eigenvalue weighted by atomic mass is 19.1. The first-order chi connectivity index (χ1) is 19.2. The van der Waals surface area contributed by atoms with Crippen LogP contribution in [0.3, 0.4) is 0 Å². The van der Waals surface area contributed by atoms with Crippen molar-refractivity contribution in [1.29, 1.82) is 0 Å². The largest absolute Gasteiger partial charge is 0.353 e. The van der Waals surface area contributed by atoms with Gasteiger partial charge in [-0.05, 0) is 74.0 Å². The SMILES string of the molecule is Fc1cccc2c1C(C1CCC(c3ccc(-c4cnn(CCOC5CCCCO5)c4)cc3)CC1)n1cncc1-2. The van der Waals surface area contributed by atoms with E-state index in [9.17, 15) is 4.39 Å². The van der Waals surface area contributed by atoms with Crippen LogP contribution in [0.1, 0.15) is 68.0 Å². The molecule has 2 aromatic carbocycles.